The summed E-state index contributed by atoms with van der Waals surface area (Å²) in [7, 11) is 0. The summed E-state index contributed by atoms with van der Waals surface area (Å²) in [6, 6.07) is 7.54. The second-order valence-electron chi connectivity index (χ2n) is 5.66. The van der Waals surface area contributed by atoms with Crippen molar-refractivity contribution in [1.29, 1.82) is 0 Å². The summed E-state index contributed by atoms with van der Waals surface area (Å²) >= 11 is 0. The number of nitrogens with one attached hydrogen (secondary N) is 3. The molecule has 0 spiro atoms. The SMILES string of the molecule is C[C@@H]1CN(c2ccccc2NC(=O)c2n[nH]c(=O)[nH]2)C[C@H](C)O1. The van der Waals surface area contributed by atoms with Crippen LogP contribution in [0.1, 0.15) is 24.5 Å². The van der Waals surface area contributed by atoms with E-state index in [0.717, 1.165) is 18.8 Å². The Morgan fingerprint density at radius 3 is 2.65 bits per heavy atom. The highest BCUT2D eigenvalue weighted by Crippen LogP contribution is 2.28. The number of hydrogen-bond donors (Lipinski definition) is 3. The summed E-state index contributed by atoms with van der Waals surface area (Å²) in [4.78, 5) is 27.8. The van der Waals surface area contributed by atoms with Crippen LogP contribution in [0.5, 0.6) is 0 Å². The first-order valence-corrected chi connectivity index (χ1v) is 7.48. The van der Waals surface area contributed by atoms with Gasteiger partial charge in [0.15, 0.2) is 0 Å². The predicted molar refractivity (Wildman–Crippen MR) is 85.8 cm³/mol. The lowest BCUT2D eigenvalue weighted by Crippen LogP contribution is -2.45. The molecule has 2 heterocycles. The third-order valence-electron chi connectivity index (χ3n) is 3.63. The van der Waals surface area contributed by atoms with E-state index in [1.807, 2.05) is 38.1 Å². The number of aromatic nitrogens is 3. The Balaban J connectivity index is 1.83. The second-order valence-corrected chi connectivity index (χ2v) is 5.66. The summed E-state index contributed by atoms with van der Waals surface area (Å²) in [5.74, 6) is -0.515. The van der Waals surface area contributed by atoms with E-state index in [0.29, 0.717) is 5.69 Å². The van der Waals surface area contributed by atoms with E-state index in [4.69, 9.17) is 4.74 Å². The van der Waals surface area contributed by atoms with Gasteiger partial charge in [0.25, 0.3) is 5.91 Å². The Hall–Kier alpha value is -2.61. The number of benzene rings is 1. The number of hydrogen-bond acceptors (Lipinski definition) is 5. The fourth-order valence-electron chi connectivity index (χ4n) is 2.79. The van der Waals surface area contributed by atoms with Crippen LogP contribution in [-0.4, -0.2) is 46.4 Å². The van der Waals surface area contributed by atoms with E-state index in [9.17, 15) is 9.59 Å². The van der Waals surface area contributed by atoms with Gasteiger partial charge in [-0.1, -0.05) is 12.1 Å². The highest BCUT2D eigenvalue weighted by molar-refractivity contribution is 6.03. The highest BCUT2D eigenvalue weighted by atomic mass is 16.5. The zero-order chi connectivity index (χ0) is 16.4. The number of para-hydroxylation sites is 2. The fourth-order valence-corrected chi connectivity index (χ4v) is 2.79. The normalized spacial score (nSPS) is 21.2. The van der Waals surface area contributed by atoms with Gasteiger partial charge in [0, 0.05) is 13.1 Å². The molecule has 1 aromatic carbocycles. The van der Waals surface area contributed by atoms with Crippen LogP contribution in [0.25, 0.3) is 0 Å². The topological polar surface area (TPSA) is 103 Å². The number of aromatic amines is 2. The number of carbonyl (C=O) groups excluding carboxylic acids is 1. The van der Waals surface area contributed by atoms with Gasteiger partial charge in [-0.2, -0.15) is 0 Å². The van der Waals surface area contributed by atoms with Crippen molar-refractivity contribution in [3.8, 4) is 0 Å². The van der Waals surface area contributed by atoms with Crippen LogP contribution in [-0.2, 0) is 4.74 Å². The van der Waals surface area contributed by atoms with E-state index < -0.39 is 11.6 Å². The summed E-state index contributed by atoms with van der Waals surface area (Å²) in [6.07, 6.45) is 0.232. The van der Waals surface area contributed by atoms with Crippen LogP contribution in [0.15, 0.2) is 29.1 Å². The minimum atomic E-state index is -0.515. The van der Waals surface area contributed by atoms with E-state index in [1.54, 1.807) is 0 Å². The largest absolute Gasteiger partial charge is 0.372 e. The zero-order valence-electron chi connectivity index (χ0n) is 13.0. The lowest BCUT2D eigenvalue weighted by Gasteiger charge is -2.37. The Morgan fingerprint density at radius 1 is 1.30 bits per heavy atom. The first-order chi connectivity index (χ1) is 11.0. The van der Waals surface area contributed by atoms with Crippen molar-refractivity contribution >= 4 is 17.3 Å². The highest BCUT2D eigenvalue weighted by Gasteiger charge is 2.24. The van der Waals surface area contributed by atoms with Crippen LogP contribution < -0.4 is 15.9 Å². The van der Waals surface area contributed by atoms with Crippen LogP contribution in [0, 0.1) is 0 Å². The number of nitrogens with zero attached hydrogens (tertiary/aromatic N) is 2. The number of rotatable bonds is 3. The Morgan fingerprint density at radius 2 is 2.00 bits per heavy atom. The van der Waals surface area contributed by atoms with Crippen molar-refractivity contribution in [1.82, 2.24) is 15.2 Å². The molecule has 1 aliphatic rings. The molecule has 1 saturated heterocycles. The third kappa shape index (κ3) is 3.42. The second kappa shape index (κ2) is 6.25. The van der Waals surface area contributed by atoms with Gasteiger partial charge in [-0.3, -0.25) is 9.78 Å². The standard InChI is InChI=1S/C15H19N5O3/c1-9-7-20(8-10(2)23-9)12-6-4-3-5-11(12)16-14(21)13-17-15(22)19-18-13/h3-6,9-10H,7-8H2,1-2H3,(H,16,21)(H2,17,18,19,22)/t9-,10+. The molecule has 1 fully saturated rings. The number of amides is 1. The molecule has 0 aliphatic carbocycles. The van der Waals surface area contributed by atoms with Gasteiger partial charge < -0.3 is 15.0 Å². The number of ether oxygens (including phenoxy) is 1. The van der Waals surface area contributed by atoms with Crippen LogP contribution >= 0.6 is 0 Å². The van der Waals surface area contributed by atoms with E-state index in [1.165, 1.54) is 0 Å². The average molecular weight is 317 g/mol. The van der Waals surface area contributed by atoms with Gasteiger partial charge in [0.2, 0.25) is 5.82 Å². The summed E-state index contributed by atoms with van der Waals surface area (Å²) in [5, 5.41) is 8.61. The summed E-state index contributed by atoms with van der Waals surface area (Å²) in [6.45, 7) is 5.55. The molecule has 8 nitrogen and oxygen atoms in total. The summed E-state index contributed by atoms with van der Waals surface area (Å²) < 4.78 is 5.75. The minimum absolute atomic E-state index is 0.0477. The molecule has 2 atom stereocenters. The lowest BCUT2D eigenvalue weighted by atomic mass is 10.1. The minimum Gasteiger partial charge on any atom is -0.372 e. The molecule has 1 aromatic heterocycles. The molecule has 0 bridgehead atoms. The zero-order valence-corrected chi connectivity index (χ0v) is 13.0. The van der Waals surface area contributed by atoms with Crippen molar-refractivity contribution in [2.45, 2.75) is 26.1 Å². The predicted octanol–water partition coefficient (Wildman–Crippen LogP) is 0.964. The quantitative estimate of drug-likeness (QED) is 0.782. The maximum Gasteiger partial charge on any atom is 0.341 e. The van der Waals surface area contributed by atoms with Crippen molar-refractivity contribution < 1.29 is 9.53 Å². The smallest absolute Gasteiger partial charge is 0.341 e. The molecule has 3 N–H and O–H groups in total. The maximum atomic E-state index is 12.2. The Kier molecular flexibility index (Phi) is 4.16. The van der Waals surface area contributed by atoms with Gasteiger partial charge >= 0.3 is 5.69 Å². The molecule has 122 valence electrons. The van der Waals surface area contributed by atoms with E-state index in [2.05, 4.69) is 25.4 Å². The molecule has 0 saturated carbocycles. The molecule has 1 aliphatic heterocycles. The van der Waals surface area contributed by atoms with Crippen molar-refractivity contribution in [3.63, 3.8) is 0 Å². The molecular formula is C15H19N5O3. The van der Waals surface area contributed by atoms with Gasteiger partial charge in [0.1, 0.15) is 0 Å². The third-order valence-corrected chi connectivity index (χ3v) is 3.63. The molecule has 3 rings (SSSR count). The number of morpholine rings is 1. The summed E-state index contributed by atoms with van der Waals surface area (Å²) in [5.41, 5.74) is 1.07. The Bertz CT molecular complexity index is 743. The molecule has 0 unspecified atom stereocenters. The van der Waals surface area contributed by atoms with Gasteiger partial charge in [0.05, 0.1) is 23.6 Å². The fraction of sp³-hybridized carbons (Fsp3) is 0.400. The van der Waals surface area contributed by atoms with E-state index >= 15 is 0 Å². The molecule has 1 amide bonds. The number of H-pyrrole nitrogens is 2. The Labute approximate surface area is 132 Å². The van der Waals surface area contributed by atoms with Crippen LogP contribution in [0.2, 0.25) is 0 Å². The lowest BCUT2D eigenvalue weighted by molar-refractivity contribution is -0.00517. The van der Waals surface area contributed by atoms with Crippen molar-refractivity contribution in [2.24, 2.45) is 0 Å². The molecular weight excluding hydrogens is 298 g/mol. The van der Waals surface area contributed by atoms with Gasteiger partial charge in [-0.15, -0.1) is 5.10 Å². The molecule has 2 aromatic rings. The molecule has 23 heavy (non-hydrogen) atoms. The maximum absolute atomic E-state index is 12.2. The van der Waals surface area contributed by atoms with Crippen molar-refractivity contribution in [2.75, 3.05) is 23.3 Å². The molecule has 8 heteroatoms. The monoisotopic (exact) mass is 317 g/mol. The van der Waals surface area contributed by atoms with Gasteiger partial charge in [-0.05, 0) is 26.0 Å². The molecule has 0 radical (unpaired) electrons. The first kappa shape index (κ1) is 15.3. The van der Waals surface area contributed by atoms with Gasteiger partial charge in [-0.25, -0.2) is 9.89 Å². The average Bonchev–Trinajstić information content (AvgIpc) is 2.93. The number of anilines is 2. The van der Waals surface area contributed by atoms with E-state index in [-0.39, 0.29) is 18.0 Å². The van der Waals surface area contributed by atoms with Crippen LogP contribution in [0.3, 0.4) is 0 Å². The number of carbonyl (C=O) groups is 1. The van der Waals surface area contributed by atoms with Crippen molar-refractivity contribution in [3.05, 3.63) is 40.6 Å². The first-order valence-electron chi connectivity index (χ1n) is 7.48. The van der Waals surface area contributed by atoms with Crippen LogP contribution in [0.4, 0.5) is 11.4 Å².